The van der Waals surface area contributed by atoms with Crippen LogP contribution in [0.4, 0.5) is 24.5 Å². The average molecular weight is 595 g/mol. The predicted molar refractivity (Wildman–Crippen MR) is 130 cm³/mol. The predicted octanol–water partition coefficient (Wildman–Crippen LogP) is 6.23. The number of ether oxygens (including phenoxy) is 1. The van der Waals surface area contributed by atoms with E-state index in [1.165, 1.54) is 29.2 Å². The third-order valence-corrected chi connectivity index (χ3v) is 7.35. The summed E-state index contributed by atoms with van der Waals surface area (Å²) < 4.78 is 70.0. The molecule has 0 aliphatic carbocycles. The molecule has 194 valence electrons. The molecule has 0 N–H and O–H groups in total. The Morgan fingerprint density at radius 1 is 0.865 bits per heavy atom. The number of hydrogen-bond donors (Lipinski definition) is 0. The summed E-state index contributed by atoms with van der Waals surface area (Å²) in [4.78, 5) is 27.0. The molecule has 0 amide bonds. The van der Waals surface area contributed by atoms with Gasteiger partial charge in [-0.05, 0) is 35.4 Å². The van der Waals surface area contributed by atoms with E-state index >= 15 is 0 Å². The Morgan fingerprint density at radius 2 is 1.38 bits per heavy atom. The van der Waals surface area contributed by atoms with Gasteiger partial charge in [0.25, 0.3) is 0 Å². The van der Waals surface area contributed by atoms with E-state index in [1.807, 2.05) is 0 Å². The van der Waals surface area contributed by atoms with Crippen molar-refractivity contribution in [2.24, 2.45) is 0 Å². The zero-order valence-corrected chi connectivity index (χ0v) is 21.2. The summed E-state index contributed by atoms with van der Waals surface area (Å²) in [6, 6.07) is 15.2. The van der Waals surface area contributed by atoms with Gasteiger partial charge in [0.05, 0.1) is 10.0 Å². The highest BCUT2D eigenvalue weighted by Crippen LogP contribution is 2.47. The monoisotopic (exact) mass is 593 g/mol. The number of anilines is 2. The Morgan fingerprint density at radius 3 is 1.92 bits per heavy atom. The first kappa shape index (κ1) is 27.1. The van der Waals surface area contributed by atoms with Gasteiger partial charge in [0, 0.05) is 11.4 Å². The second kappa shape index (κ2) is 10.1. The number of esters is 1. The number of halogens is 6. The summed E-state index contributed by atoms with van der Waals surface area (Å²) in [5.41, 5.74) is -4.70. The molecule has 0 radical (unpaired) electrons. The van der Waals surface area contributed by atoms with Gasteiger partial charge in [-0.3, -0.25) is 4.79 Å². The number of fused-ring (bicyclic) bond motifs is 2. The minimum atomic E-state index is -6.16. The lowest BCUT2D eigenvalue weighted by Crippen LogP contribution is -2.36. The number of benzene rings is 3. The zero-order valence-electron chi connectivity index (χ0n) is 18.1. The minimum Gasteiger partial charge on any atom is -0.423 e. The molecule has 0 saturated carbocycles. The van der Waals surface area contributed by atoms with Crippen LogP contribution in [0.15, 0.2) is 60.7 Å². The number of carbonyl (C=O) groups excluding carboxylic acids is 2. The molecule has 0 bridgehead atoms. The lowest BCUT2D eigenvalue weighted by Gasteiger charge is -2.36. The van der Waals surface area contributed by atoms with E-state index < -0.39 is 40.0 Å². The fourth-order valence-electron chi connectivity index (χ4n) is 3.76. The molecule has 0 aromatic heterocycles. The second-order valence-corrected chi connectivity index (χ2v) is 10.3. The molecule has 0 unspecified atom stereocenters. The molecule has 0 atom stereocenters. The van der Waals surface area contributed by atoms with Crippen molar-refractivity contribution in [3.05, 3.63) is 86.9 Å². The SMILES string of the molecule is O=C(CN1c2ccccc2C(C(=O)Oc2c(Cl)ccc(Cl)c2Cl)c2ccccc21)OS(=O)(=O)C(F)(F)F. The molecular weight excluding hydrogens is 582 g/mol. The van der Waals surface area contributed by atoms with Crippen molar-refractivity contribution >= 4 is 68.2 Å². The first-order chi connectivity index (χ1) is 17.3. The zero-order chi connectivity index (χ0) is 27.1. The van der Waals surface area contributed by atoms with Crippen LogP contribution >= 0.6 is 34.8 Å². The van der Waals surface area contributed by atoms with E-state index in [9.17, 15) is 31.2 Å². The van der Waals surface area contributed by atoms with Crippen molar-refractivity contribution in [3.63, 3.8) is 0 Å². The van der Waals surface area contributed by atoms with Crippen molar-refractivity contribution in [2.75, 3.05) is 11.4 Å². The van der Waals surface area contributed by atoms with Gasteiger partial charge in [-0.2, -0.15) is 21.6 Å². The summed E-state index contributed by atoms with van der Waals surface area (Å²) in [5, 5.41) is 0.0299. The van der Waals surface area contributed by atoms with Gasteiger partial charge < -0.3 is 13.8 Å². The van der Waals surface area contributed by atoms with E-state index in [1.54, 1.807) is 36.4 Å². The number of rotatable bonds is 5. The van der Waals surface area contributed by atoms with Crippen molar-refractivity contribution < 1.29 is 40.1 Å². The lowest BCUT2D eigenvalue weighted by atomic mass is 9.85. The van der Waals surface area contributed by atoms with Crippen LogP contribution < -0.4 is 9.64 Å². The highest BCUT2D eigenvalue weighted by Gasteiger charge is 2.50. The molecule has 3 aromatic carbocycles. The normalized spacial score (nSPS) is 13.5. The van der Waals surface area contributed by atoms with Crippen LogP contribution in [-0.4, -0.2) is 32.4 Å². The Bertz CT molecular complexity index is 1470. The van der Waals surface area contributed by atoms with Gasteiger partial charge in [0.15, 0.2) is 5.75 Å². The number of para-hydroxylation sites is 2. The molecule has 7 nitrogen and oxygen atoms in total. The summed E-state index contributed by atoms with van der Waals surface area (Å²) in [7, 11) is -6.16. The maximum absolute atomic E-state index is 13.4. The van der Waals surface area contributed by atoms with Crippen LogP contribution in [0.2, 0.25) is 15.1 Å². The van der Waals surface area contributed by atoms with Crippen LogP contribution in [0, 0.1) is 0 Å². The van der Waals surface area contributed by atoms with Gasteiger partial charge in [-0.1, -0.05) is 71.2 Å². The molecule has 1 aliphatic heterocycles. The molecular formula is C23H13Cl3F3NO6S. The van der Waals surface area contributed by atoms with E-state index in [4.69, 9.17) is 39.5 Å². The first-order valence-electron chi connectivity index (χ1n) is 10.2. The number of alkyl halides is 3. The third kappa shape index (κ3) is 5.22. The highest BCUT2D eigenvalue weighted by atomic mass is 35.5. The molecule has 1 heterocycles. The minimum absolute atomic E-state index is 0.0235. The van der Waals surface area contributed by atoms with E-state index in [0.717, 1.165) is 0 Å². The highest BCUT2D eigenvalue weighted by molar-refractivity contribution is 7.88. The van der Waals surface area contributed by atoms with Gasteiger partial charge in [0.2, 0.25) is 0 Å². The van der Waals surface area contributed by atoms with Crippen LogP contribution in [0.25, 0.3) is 0 Å². The van der Waals surface area contributed by atoms with E-state index in [-0.39, 0.29) is 32.2 Å². The number of carbonyl (C=O) groups is 2. The van der Waals surface area contributed by atoms with Gasteiger partial charge in [-0.15, -0.1) is 0 Å². The van der Waals surface area contributed by atoms with Crippen molar-refractivity contribution in [1.29, 1.82) is 0 Å². The van der Waals surface area contributed by atoms with E-state index in [2.05, 4.69) is 4.18 Å². The molecule has 0 spiro atoms. The Kier molecular flexibility index (Phi) is 7.35. The Balaban J connectivity index is 1.74. The first-order valence-corrected chi connectivity index (χ1v) is 12.7. The lowest BCUT2D eigenvalue weighted by molar-refractivity contribution is -0.135. The maximum Gasteiger partial charge on any atom is 0.534 e. The molecule has 0 fully saturated rings. The van der Waals surface area contributed by atoms with Gasteiger partial charge >= 0.3 is 27.6 Å². The summed E-state index contributed by atoms with van der Waals surface area (Å²) in [6.07, 6.45) is 0. The Hall–Kier alpha value is -2.99. The van der Waals surface area contributed by atoms with Crippen LogP contribution in [-0.2, 0) is 23.9 Å². The maximum atomic E-state index is 13.4. The molecule has 4 rings (SSSR count). The molecule has 3 aromatic rings. The summed E-state index contributed by atoms with van der Waals surface area (Å²) >= 11 is 18.3. The smallest absolute Gasteiger partial charge is 0.423 e. The van der Waals surface area contributed by atoms with Crippen molar-refractivity contribution in [2.45, 2.75) is 11.4 Å². The molecule has 1 aliphatic rings. The number of nitrogens with zero attached hydrogens (tertiary/aromatic N) is 1. The third-order valence-electron chi connectivity index (χ3n) is 5.29. The van der Waals surface area contributed by atoms with Gasteiger partial charge in [0.1, 0.15) is 17.5 Å². The molecule has 37 heavy (non-hydrogen) atoms. The van der Waals surface area contributed by atoms with Gasteiger partial charge in [-0.25, -0.2) is 4.79 Å². The fourth-order valence-corrected chi connectivity index (χ4v) is 4.75. The quantitative estimate of drug-likeness (QED) is 0.114. The van der Waals surface area contributed by atoms with E-state index in [0.29, 0.717) is 11.1 Å². The summed E-state index contributed by atoms with van der Waals surface area (Å²) in [5.74, 6) is -3.74. The van der Waals surface area contributed by atoms with Crippen LogP contribution in [0.1, 0.15) is 17.0 Å². The molecule has 14 heteroatoms. The average Bonchev–Trinajstić information content (AvgIpc) is 2.83. The summed E-state index contributed by atoms with van der Waals surface area (Å²) in [6.45, 7) is -0.906. The van der Waals surface area contributed by atoms with Crippen molar-refractivity contribution in [3.8, 4) is 5.75 Å². The topological polar surface area (TPSA) is 90.0 Å². The number of hydrogen-bond acceptors (Lipinski definition) is 7. The standard InChI is InChI=1S/C23H13Cl3F3NO6S/c24-14-9-10-15(25)21(20(14)26)35-22(32)19-12-5-1-3-7-16(12)30(17-8-4-2-6-13(17)19)11-18(31)36-37(33,34)23(27,28)29/h1-10,19H,11H2. The van der Waals surface area contributed by atoms with Crippen molar-refractivity contribution in [1.82, 2.24) is 0 Å². The second-order valence-electron chi connectivity index (χ2n) is 7.59. The van der Waals surface area contributed by atoms with Crippen LogP contribution in [0.3, 0.4) is 0 Å². The fraction of sp³-hybridized carbons (Fsp3) is 0.130. The molecule has 0 saturated heterocycles. The Labute approximate surface area is 223 Å². The largest absolute Gasteiger partial charge is 0.534 e. The van der Waals surface area contributed by atoms with Crippen LogP contribution in [0.5, 0.6) is 5.75 Å².